The molecular weight excluding hydrogens is 462 g/mol. The monoisotopic (exact) mass is 499 g/mol. The van der Waals surface area contributed by atoms with Crippen LogP contribution in [0, 0.1) is 5.92 Å². The van der Waals surface area contributed by atoms with Crippen molar-refractivity contribution in [2.45, 2.75) is 63.1 Å². The van der Waals surface area contributed by atoms with Crippen LogP contribution in [0.25, 0.3) is 5.57 Å². The molecule has 190 valence electrons. The quantitative estimate of drug-likeness (QED) is 0.621. The largest absolute Gasteiger partial charge is 0.487 e. The maximum Gasteiger partial charge on any atom is 0.247 e. The third-order valence-electron chi connectivity index (χ3n) is 7.00. The number of pyridine rings is 1. The molecule has 0 amide bonds. The number of ether oxygens (including phenoxy) is 1. The van der Waals surface area contributed by atoms with Gasteiger partial charge in [0.05, 0.1) is 6.61 Å². The van der Waals surface area contributed by atoms with Crippen molar-refractivity contribution >= 4 is 15.6 Å². The second-order valence-corrected chi connectivity index (χ2v) is 11.8. The summed E-state index contributed by atoms with van der Waals surface area (Å²) >= 11 is 0. The zero-order chi connectivity index (χ0) is 25.0. The number of aliphatic hydroxyl groups is 1. The summed E-state index contributed by atoms with van der Waals surface area (Å²) in [5.41, 5.74) is 3.38. The third-order valence-corrected chi connectivity index (χ3v) is 9.02. The van der Waals surface area contributed by atoms with Crippen LogP contribution in [0.15, 0.2) is 53.7 Å². The first kappa shape index (κ1) is 25.8. The molecule has 1 aliphatic carbocycles. The minimum atomic E-state index is -3.83. The molecule has 2 aromatic rings. The van der Waals surface area contributed by atoms with Gasteiger partial charge in [0.15, 0.2) is 0 Å². The Labute approximate surface area is 209 Å². The van der Waals surface area contributed by atoms with E-state index in [1.807, 2.05) is 44.4 Å². The minimum absolute atomic E-state index is 0.0826. The highest BCUT2D eigenvalue weighted by molar-refractivity contribution is 7.89. The lowest BCUT2D eigenvalue weighted by Crippen LogP contribution is -2.49. The third kappa shape index (κ3) is 5.94. The van der Waals surface area contributed by atoms with Gasteiger partial charge in [-0.05, 0) is 74.6 Å². The van der Waals surface area contributed by atoms with Gasteiger partial charge in [0, 0.05) is 44.0 Å². The standard InChI is InChI=1S/C27H37N3O4S/c1-20-16-30(21(2)19-31)35(32,33)27-12-11-24(23-9-5-4-6-10-23)14-25(27)34-26(20)18-29(3)17-22-8-7-13-28-15-22/h7-9,11-15,20-21,26,31H,4-6,10,16-19H2,1-3H3/t20-,21-,26-/m0/s1. The molecule has 0 spiro atoms. The zero-order valence-corrected chi connectivity index (χ0v) is 21.7. The Balaban J connectivity index is 1.69. The fourth-order valence-electron chi connectivity index (χ4n) is 4.92. The number of sulfonamides is 1. The maximum absolute atomic E-state index is 13.7. The van der Waals surface area contributed by atoms with Gasteiger partial charge < -0.3 is 9.84 Å². The summed E-state index contributed by atoms with van der Waals surface area (Å²) in [7, 11) is -1.79. The van der Waals surface area contributed by atoms with Gasteiger partial charge in [-0.1, -0.05) is 25.1 Å². The number of nitrogens with zero attached hydrogens (tertiary/aromatic N) is 3. The number of fused-ring (bicyclic) bond motifs is 1. The molecule has 7 nitrogen and oxygen atoms in total. The van der Waals surface area contributed by atoms with E-state index in [-0.39, 0.29) is 30.1 Å². The molecule has 0 fully saturated rings. The predicted octanol–water partition coefficient (Wildman–Crippen LogP) is 3.94. The second-order valence-electron chi connectivity index (χ2n) is 9.93. The Kier molecular flexibility index (Phi) is 8.27. The van der Waals surface area contributed by atoms with E-state index >= 15 is 0 Å². The van der Waals surface area contributed by atoms with E-state index < -0.39 is 16.1 Å². The number of benzene rings is 1. The van der Waals surface area contributed by atoms with E-state index in [0.29, 0.717) is 12.3 Å². The molecule has 1 aromatic heterocycles. The van der Waals surface area contributed by atoms with E-state index in [9.17, 15) is 13.5 Å². The van der Waals surface area contributed by atoms with Crippen molar-refractivity contribution in [3.63, 3.8) is 0 Å². The molecule has 35 heavy (non-hydrogen) atoms. The second kappa shape index (κ2) is 11.2. The van der Waals surface area contributed by atoms with Gasteiger partial charge in [0.25, 0.3) is 0 Å². The van der Waals surface area contributed by atoms with Crippen LogP contribution in [-0.4, -0.2) is 66.6 Å². The van der Waals surface area contributed by atoms with Crippen molar-refractivity contribution in [2.24, 2.45) is 5.92 Å². The van der Waals surface area contributed by atoms with Crippen LogP contribution < -0.4 is 4.74 Å². The fraction of sp³-hybridized carbons (Fsp3) is 0.519. The van der Waals surface area contributed by atoms with Crippen LogP contribution in [0.5, 0.6) is 5.75 Å². The number of hydrogen-bond acceptors (Lipinski definition) is 6. The van der Waals surface area contributed by atoms with Crippen LogP contribution in [0.4, 0.5) is 0 Å². The topological polar surface area (TPSA) is 83.0 Å². The molecule has 1 aliphatic heterocycles. The van der Waals surface area contributed by atoms with Gasteiger partial charge >= 0.3 is 0 Å². The van der Waals surface area contributed by atoms with Crippen LogP contribution in [-0.2, 0) is 16.6 Å². The molecule has 0 saturated carbocycles. The Morgan fingerprint density at radius 1 is 1.29 bits per heavy atom. The normalized spacial score (nSPS) is 23.5. The van der Waals surface area contributed by atoms with Crippen LogP contribution in [0.1, 0.15) is 50.7 Å². The molecule has 0 bridgehead atoms. The summed E-state index contributed by atoms with van der Waals surface area (Å²) in [5.74, 6) is 0.316. The molecule has 0 saturated heterocycles. The number of allylic oxidation sites excluding steroid dienone is 2. The average molecular weight is 500 g/mol. The summed E-state index contributed by atoms with van der Waals surface area (Å²) in [6.45, 7) is 5.16. The highest BCUT2D eigenvalue weighted by Gasteiger charge is 2.38. The smallest absolute Gasteiger partial charge is 0.247 e. The molecule has 1 N–H and O–H groups in total. The number of hydrogen-bond donors (Lipinski definition) is 1. The van der Waals surface area contributed by atoms with Crippen LogP contribution in [0.2, 0.25) is 0 Å². The lowest BCUT2D eigenvalue weighted by atomic mass is 9.93. The van der Waals surface area contributed by atoms with E-state index in [4.69, 9.17) is 4.74 Å². The Hall–Kier alpha value is -2.26. The number of rotatable bonds is 7. The van der Waals surface area contributed by atoms with Gasteiger partial charge in [-0.3, -0.25) is 9.88 Å². The summed E-state index contributed by atoms with van der Waals surface area (Å²) in [5, 5.41) is 9.85. The van der Waals surface area contributed by atoms with E-state index in [1.54, 1.807) is 19.2 Å². The van der Waals surface area contributed by atoms with Crippen molar-refractivity contribution in [3.05, 3.63) is 59.9 Å². The number of aromatic nitrogens is 1. The van der Waals surface area contributed by atoms with Gasteiger partial charge in [-0.25, -0.2) is 8.42 Å². The van der Waals surface area contributed by atoms with Gasteiger partial charge in [0.1, 0.15) is 16.7 Å². The summed E-state index contributed by atoms with van der Waals surface area (Å²) in [6, 6.07) is 8.92. The fourth-order valence-corrected chi connectivity index (χ4v) is 6.74. The molecule has 2 heterocycles. The molecule has 0 radical (unpaired) electrons. The number of aliphatic hydroxyl groups excluding tert-OH is 1. The van der Waals surface area contributed by atoms with Crippen molar-refractivity contribution in [1.82, 2.24) is 14.2 Å². The van der Waals surface area contributed by atoms with Gasteiger partial charge in [-0.2, -0.15) is 4.31 Å². The highest BCUT2D eigenvalue weighted by Crippen LogP contribution is 2.37. The molecule has 8 heteroatoms. The van der Waals surface area contributed by atoms with Crippen molar-refractivity contribution < 1.29 is 18.3 Å². The molecule has 3 atom stereocenters. The van der Waals surface area contributed by atoms with Crippen molar-refractivity contribution in [1.29, 1.82) is 0 Å². The molecule has 4 rings (SSSR count). The van der Waals surface area contributed by atoms with E-state index in [1.165, 1.54) is 16.3 Å². The minimum Gasteiger partial charge on any atom is -0.487 e. The Morgan fingerprint density at radius 2 is 2.11 bits per heavy atom. The van der Waals surface area contributed by atoms with Crippen molar-refractivity contribution in [2.75, 3.05) is 26.7 Å². The summed E-state index contributed by atoms with van der Waals surface area (Å²) < 4.78 is 35.3. The van der Waals surface area contributed by atoms with E-state index in [2.05, 4.69) is 16.0 Å². The van der Waals surface area contributed by atoms with E-state index in [0.717, 1.165) is 36.9 Å². The first-order valence-electron chi connectivity index (χ1n) is 12.5. The molecule has 2 aliphatic rings. The zero-order valence-electron chi connectivity index (χ0n) is 20.9. The van der Waals surface area contributed by atoms with Crippen molar-refractivity contribution in [3.8, 4) is 5.75 Å². The summed E-state index contributed by atoms with van der Waals surface area (Å²) in [4.78, 5) is 6.56. The lowest BCUT2D eigenvalue weighted by Gasteiger charge is -2.37. The molecular formula is C27H37N3O4S. The first-order valence-corrected chi connectivity index (χ1v) is 13.9. The van der Waals surface area contributed by atoms with Crippen LogP contribution >= 0.6 is 0 Å². The lowest BCUT2D eigenvalue weighted by molar-refractivity contribution is 0.0733. The predicted molar refractivity (Wildman–Crippen MR) is 137 cm³/mol. The molecule has 1 aromatic carbocycles. The maximum atomic E-state index is 13.7. The summed E-state index contributed by atoms with van der Waals surface area (Å²) in [6.07, 6.45) is 10.0. The van der Waals surface area contributed by atoms with Crippen LogP contribution in [0.3, 0.4) is 0 Å². The Bertz CT molecular complexity index is 1140. The first-order chi connectivity index (χ1) is 16.8. The Morgan fingerprint density at radius 3 is 2.80 bits per heavy atom. The molecule has 0 unspecified atom stereocenters. The van der Waals surface area contributed by atoms with Gasteiger partial charge in [-0.15, -0.1) is 0 Å². The number of likely N-dealkylation sites (N-methyl/N-ethyl adjacent to an activating group) is 1. The SMILES string of the molecule is C[C@H]1CN([C@@H](C)CO)S(=O)(=O)c2ccc(C3=CCCCC3)cc2O[C@H]1CN(C)Cc1cccnc1. The average Bonchev–Trinajstić information content (AvgIpc) is 2.86. The van der Waals surface area contributed by atoms with Gasteiger partial charge in [0.2, 0.25) is 10.0 Å². The highest BCUT2D eigenvalue weighted by atomic mass is 32.2.